The molecule has 1 saturated carbocycles. The third-order valence-electron chi connectivity index (χ3n) is 4.16. The standard InChI is InChI=1S/C12H18N4O/c1-16-6-10(12(13)17)11(15-16)7-2-8-4-14-5-9(8)3-7/h6-9,14H,2-5H2,1H3,(H2,13,17). The van der Waals surface area contributed by atoms with Crippen LogP contribution in [0, 0.1) is 11.8 Å². The maximum Gasteiger partial charge on any atom is 0.252 e. The molecule has 0 bridgehead atoms. The van der Waals surface area contributed by atoms with E-state index >= 15 is 0 Å². The van der Waals surface area contributed by atoms with Crippen molar-refractivity contribution in [2.75, 3.05) is 13.1 Å². The molecule has 1 aliphatic carbocycles. The second kappa shape index (κ2) is 3.84. The maximum atomic E-state index is 11.4. The second-order valence-electron chi connectivity index (χ2n) is 5.31. The summed E-state index contributed by atoms with van der Waals surface area (Å²) >= 11 is 0. The Balaban J connectivity index is 1.87. The Morgan fingerprint density at radius 3 is 2.71 bits per heavy atom. The average Bonchev–Trinajstić information content (AvgIpc) is 2.87. The van der Waals surface area contributed by atoms with Crippen LogP contribution in [-0.2, 0) is 7.05 Å². The molecule has 0 spiro atoms. The van der Waals surface area contributed by atoms with Gasteiger partial charge in [0.15, 0.2) is 0 Å². The van der Waals surface area contributed by atoms with Crippen LogP contribution in [0.3, 0.4) is 0 Å². The lowest BCUT2D eigenvalue weighted by Crippen LogP contribution is -2.15. The third-order valence-corrected chi connectivity index (χ3v) is 4.16. The van der Waals surface area contributed by atoms with Gasteiger partial charge in [0, 0.05) is 19.2 Å². The zero-order chi connectivity index (χ0) is 12.0. The molecule has 1 aliphatic heterocycles. The quantitative estimate of drug-likeness (QED) is 0.769. The molecule has 2 fully saturated rings. The molecule has 5 nitrogen and oxygen atoms in total. The number of fused-ring (bicyclic) bond motifs is 1. The Morgan fingerprint density at radius 2 is 2.12 bits per heavy atom. The number of hydrogen-bond acceptors (Lipinski definition) is 3. The molecule has 0 aromatic carbocycles. The molecular weight excluding hydrogens is 216 g/mol. The summed E-state index contributed by atoms with van der Waals surface area (Å²) in [7, 11) is 1.84. The highest BCUT2D eigenvalue weighted by Crippen LogP contribution is 2.44. The lowest BCUT2D eigenvalue weighted by Gasteiger charge is -2.09. The van der Waals surface area contributed by atoms with Crippen LogP contribution in [0.4, 0.5) is 0 Å². The first-order valence-corrected chi connectivity index (χ1v) is 6.19. The van der Waals surface area contributed by atoms with Gasteiger partial charge in [-0.15, -0.1) is 0 Å². The highest BCUT2D eigenvalue weighted by atomic mass is 16.1. The largest absolute Gasteiger partial charge is 0.365 e. The predicted molar refractivity (Wildman–Crippen MR) is 63.6 cm³/mol. The van der Waals surface area contributed by atoms with Gasteiger partial charge >= 0.3 is 0 Å². The van der Waals surface area contributed by atoms with Crippen molar-refractivity contribution in [2.24, 2.45) is 24.6 Å². The minimum Gasteiger partial charge on any atom is -0.365 e. The van der Waals surface area contributed by atoms with Crippen LogP contribution in [0.2, 0.25) is 0 Å². The van der Waals surface area contributed by atoms with Crippen LogP contribution in [0.5, 0.6) is 0 Å². The monoisotopic (exact) mass is 234 g/mol. The topological polar surface area (TPSA) is 72.9 Å². The zero-order valence-electron chi connectivity index (χ0n) is 10.0. The molecule has 1 saturated heterocycles. The summed E-state index contributed by atoms with van der Waals surface area (Å²) in [6.45, 7) is 2.22. The number of nitrogens with one attached hydrogen (secondary N) is 1. The number of nitrogens with zero attached hydrogens (tertiary/aromatic N) is 2. The first kappa shape index (κ1) is 10.8. The predicted octanol–water partition coefficient (Wildman–Crippen LogP) is 0.232. The van der Waals surface area contributed by atoms with E-state index in [4.69, 9.17) is 5.73 Å². The lowest BCUT2D eigenvalue weighted by atomic mass is 9.98. The number of hydrogen-bond donors (Lipinski definition) is 2. The van der Waals surface area contributed by atoms with Crippen LogP contribution < -0.4 is 11.1 Å². The van der Waals surface area contributed by atoms with E-state index in [2.05, 4.69) is 10.4 Å². The van der Waals surface area contributed by atoms with Crippen molar-refractivity contribution in [1.29, 1.82) is 0 Å². The van der Waals surface area contributed by atoms with Crippen LogP contribution in [0.15, 0.2) is 6.20 Å². The minimum atomic E-state index is -0.358. The molecule has 2 unspecified atom stereocenters. The first-order chi connectivity index (χ1) is 8.15. The van der Waals surface area contributed by atoms with E-state index in [1.807, 2.05) is 7.05 Å². The summed E-state index contributed by atoms with van der Waals surface area (Å²) in [5.74, 6) is 1.56. The Kier molecular flexibility index (Phi) is 2.43. The van der Waals surface area contributed by atoms with Crippen molar-refractivity contribution in [1.82, 2.24) is 15.1 Å². The normalized spacial score (nSPS) is 31.7. The fraction of sp³-hybridized carbons (Fsp3) is 0.667. The van der Waals surface area contributed by atoms with Crippen LogP contribution in [0.1, 0.15) is 34.8 Å². The molecule has 2 aliphatic rings. The fourth-order valence-corrected chi connectivity index (χ4v) is 3.39. The molecule has 92 valence electrons. The Labute approximate surface area is 100 Å². The van der Waals surface area contributed by atoms with Crippen molar-refractivity contribution < 1.29 is 4.79 Å². The van der Waals surface area contributed by atoms with Crippen LogP contribution in [-0.4, -0.2) is 28.8 Å². The maximum absolute atomic E-state index is 11.4. The molecule has 5 heteroatoms. The van der Waals surface area contributed by atoms with Crippen molar-refractivity contribution in [2.45, 2.75) is 18.8 Å². The summed E-state index contributed by atoms with van der Waals surface area (Å²) in [6.07, 6.45) is 4.01. The number of amides is 1. The molecule has 0 radical (unpaired) electrons. The molecule has 3 N–H and O–H groups in total. The van der Waals surface area contributed by atoms with E-state index in [0.717, 1.165) is 43.5 Å². The summed E-state index contributed by atoms with van der Waals surface area (Å²) in [4.78, 5) is 11.4. The van der Waals surface area contributed by atoms with Gasteiger partial charge in [0.2, 0.25) is 0 Å². The van der Waals surface area contributed by atoms with E-state index in [1.54, 1.807) is 10.9 Å². The molecule has 2 atom stereocenters. The third kappa shape index (κ3) is 1.74. The molecule has 3 rings (SSSR count). The second-order valence-corrected chi connectivity index (χ2v) is 5.31. The molecule has 1 aromatic rings. The number of carbonyl (C=O) groups excluding carboxylic acids is 1. The number of primary amides is 1. The zero-order valence-corrected chi connectivity index (χ0v) is 10.0. The van der Waals surface area contributed by atoms with Crippen molar-refractivity contribution >= 4 is 5.91 Å². The number of aromatic nitrogens is 2. The smallest absolute Gasteiger partial charge is 0.252 e. The highest BCUT2D eigenvalue weighted by molar-refractivity contribution is 5.93. The molecule has 1 aromatic heterocycles. The number of carbonyl (C=O) groups is 1. The van der Waals surface area contributed by atoms with E-state index in [-0.39, 0.29) is 5.91 Å². The minimum absolute atomic E-state index is 0.358. The summed E-state index contributed by atoms with van der Waals surface area (Å²) in [6, 6.07) is 0. The SMILES string of the molecule is Cn1cc(C(N)=O)c(C2CC3CNCC3C2)n1. The van der Waals surface area contributed by atoms with Gasteiger partial charge in [-0.2, -0.15) is 5.10 Å². The van der Waals surface area contributed by atoms with Gasteiger partial charge in [0.1, 0.15) is 0 Å². The summed E-state index contributed by atoms with van der Waals surface area (Å²) in [5, 5.41) is 7.86. The molecule has 1 amide bonds. The number of rotatable bonds is 2. The van der Waals surface area contributed by atoms with Gasteiger partial charge in [0.25, 0.3) is 5.91 Å². The van der Waals surface area contributed by atoms with Gasteiger partial charge < -0.3 is 11.1 Å². The fourth-order valence-electron chi connectivity index (χ4n) is 3.39. The number of aryl methyl sites for hydroxylation is 1. The van der Waals surface area contributed by atoms with Gasteiger partial charge in [-0.1, -0.05) is 0 Å². The van der Waals surface area contributed by atoms with Gasteiger partial charge in [-0.05, 0) is 37.8 Å². The average molecular weight is 234 g/mol. The van der Waals surface area contributed by atoms with Crippen molar-refractivity contribution in [3.63, 3.8) is 0 Å². The van der Waals surface area contributed by atoms with Gasteiger partial charge in [-0.25, -0.2) is 0 Å². The summed E-state index contributed by atoms with van der Waals surface area (Å²) < 4.78 is 1.70. The van der Waals surface area contributed by atoms with Crippen molar-refractivity contribution in [3.8, 4) is 0 Å². The highest BCUT2D eigenvalue weighted by Gasteiger charge is 2.39. The molecule has 2 heterocycles. The Bertz CT molecular complexity index is 441. The van der Waals surface area contributed by atoms with Gasteiger partial charge in [-0.3, -0.25) is 9.48 Å². The van der Waals surface area contributed by atoms with Crippen molar-refractivity contribution in [3.05, 3.63) is 17.5 Å². The Morgan fingerprint density at radius 1 is 1.47 bits per heavy atom. The van der Waals surface area contributed by atoms with E-state index in [0.29, 0.717) is 11.5 Å². The van der Waals surface area contributed by atoms with E-state index < -0.39 is 0 Å². The lowest BCUT2D eigenvalue weighted by molar-refractivity contribution is 0.0999. The van der Waals surface area contributed by atoms with E-state index in [9.17, 15) is 4.79 Å². The molecule has 17 heavy (non-hydrogen) atoms. The first-order valence-electron chi connectivity index (χ1n) is 6.19. The van der Waals surface area contributed by atoms with Crippen LogP contribution >= 0.6 is 0 Å². The van der Waals surface area contributed by atoms with Gasteiger partial charge in [0.05, 0.1) is 11.3 Å². The Hall–Kier alpha value is -1.36. The van der Waals surface area contributed by atoms with E-state index in [1.165, 1.54) is 0 Å². The number of nitrogens with two attached hydrogens (primary N) is 1. The molecular formula is C12H18N4O. The van der Waals surface area contributed by atoms with Crippen LogP contribution in [0.25, 0.3) is 0 Å². The summed E-state index contributed by atoms with van der Waals surface area (Å²) in [5.41, 5.74) is 6.92.